The molecule has 0 aliphatic rings. The Hall–Kier alpha value is -3.48. The molecule has 1 atom stereocenters. The number of imidazole rings is 1. The SMILES string of the molecule is CC(=O)c1cccc(OC(C)C(=O)NCc2ccc(-n3ccnc3C)c(F)c2)c1. The second kappa shape index (κ2) is 8.68. The van der Waals surface area contributed by atoms with E-state index < -0.39 is 11.9 Å². The Bertz CT molecular complexity index is 1050. The van der Waals surface area contributed by atoms with E-state index in [9.17, 15) is 14.0 Å². The number of nitrogens with zero attached hydrogens (tertiary/aromatic N) is 2. The minimum Gasteiger partial charge on any atom is -0.481 e. The first-order chi connectivity index (χ1) is 13.8. The Morgan fingerprint density at radius 2 is 2.03 bits per heavy atom. The molecule has 0 aliphatic heterocycles. The van der Waals surface area contributed by atoms with Crippen molar-refractivity contribution in [1.82, 2.24) is 14.9 Å². The van der Waals surface area contributed by atoms with Gasteiger partial charge in [-0.1, -0.05) is 18.2 Å². The van der Waals surface area contributed by atoms with Crippen molar-refractivity contribution in [3.8, 4) is 11.4 Å². The first-order valence-corrected chi connectivity index (χ1v) is 9.19. The van der Waals surface area contributed by atoms with E-state index in [1.807, 2.05) is 0 Å². The lowest BCUT2D eigenvalue weighted by Gasteiger charge is -2.15. The summed E-state index contributed by atoms with van der Waals surface area (Å²) < 4.78 is 21.7. The summed E-state index contributed by atoms with van der Waals surface area (Å²) in [6.07, 6.45) is 2.53. The Labute approximate surface area is 168 Å². The standard InChI is InChI=1S/C22H22FN3O3/c1-14(27)18-5-4-6-19(12-18)29-15(2)22(28)25-13-17-7-8-21(20(23)11-17)26-10-9-24-16(26)3/h4-12,15H,13H2,1-3H3,(H,25,28). The molecule has 0 radical (unpaired) electrons. The maximum atomic E-state index is 14.5. The third-order valence-electron chi connectivity index (χ3n) is 4.49. The van der Waals surface area contributed by atoms with Crippen molar-refractivity contribution in [2.24, 2.45) is 0 Å². The lowest BCUT2D eigenvalue weighted by molar-refractivity contribution is -0.127. The molecule has 0 saturated carbocycles. The largest absolute Gasteiger partial charge is 0.481 e. The summed E-state index contributed by atoms with van der Waals surface area (Å²) in [6.45, 7) is 5.04. The van der Waals surface area contributed by atoms with E-state index in [-0.39, 0.29) is 18.2 Å². The smallest absolute Gasteiger partial charge is 0.261 e. The fourth-order valence-electron chi connectivity index (χ4n) is 2.87. The highest BCUT2D eigenvalue weighted by Gasteiger charge is 2.15. The number of Topliss-reactive ketones (excluding diaryl/α,β-unsaturated/α-hetero) is 1. The average Bonchev–Trinajstić information content (AvgIpc) is 3.12. The molecule has 3 aromatic rings. The quantitative estimate of drug-likeness (QED) is 0.621. The first-order valence-electron chi connectivity index (χ1n) is 9.19. The monoisotopic (exact) mass is 395 g/mol. The van der Waals surface area contributed by atoms with Gasteiger partial charge in [0.25, 0.3) is 5.91 Å². The summed E-state index contributed by atoms with van der Waals surface area (Å²) in [6, 6.07) is 11.4. The molecular formula is C22H22FN3O3. The maximum Gasteiger partial charge on any atom is 0.261 e. The van der Waals surface area contributed by atoms with Crippen molar-refractivity contribution in [1.29, 1.82) is 0 Å². The highest BCUT2D eigenvalue weighted by molar-refractivity contribution is 5.94. The molecule has 1 unspecified atom stereocenters. The summed E-state index contributed by atoms with van der Waals surface area (Å²) in [5, 5.41) is 2.73. The predicted molar refractivity (Wildman–Crippen MR) is 107 cm³/mol. The van der Waals surface area contributed by atoms with E-state index in [1.165, 1.54) is 13.0 Å². The van der Waals surface area contributed by atoms with Gasteiger partial charge in [0.15, 0.2) is 11.9 Å². The van der Waals surface area contributed by atoms with Gasteiger partial charge in [0.05, 0.1) is 5.69 Å². The molecule has 3 rings (SSSR count). The van der Waals surface area contributed by atoms with Gasteiger partial charge >= 0.3 is 0 Å². The van der Waals surface area contributed by atoms with Crippen molar-refractivity contribution < 1.29 is 18.7 Å². The zero-order chi connectivity index (χ0) is 21.0. The minimum atomic E-state index is -0.769. The van der Waals surface area contributed by atoms with Gasteiger partial charge in [0.1, 0.15) is 17.4 Å². The zero-order valence-electron chi connectivity index (χ0n) is 16.5. The summed E-state index contributed by atoms with van der Waals surface area (Å²) in [5.74, 6) is 0.302. The van der Waals surface area contributed by atoms with Crippen LogP contribution >= 0.6 is 0 Å². The number of hydrogen-bond acceptors (Lipinski definition) is 4. The van der Waals surface area contributed by atoms with Crippen LogP contribution in [0, 0.1) is 12.7 Å². The summed E-state index contributed by atoms with van der Waals surface area (Å²) in [5.41, 5.74) is 1.54. The number of rotatable bonds is 7. The van der Waals surface area contributed by atoms with E-state index >= 15 is 0 Å². The molecule has 29 heavy (non-hydrogen) atoms. The Balaban J connectivity index is 1.60. The van der Waals surface area contributed by atoms with Crippen molar-refractivity contribution in [2.45, 2.75) is 33.4 Å². The Morgan fingerprint density at radius 1 is 1.24 bits per heavy atom. The first kappa shape index (κ1) is 20.3. The van der Waals surface area contributed by atoms with E-state index in [0.717, 1.165) is 0 Å². The van der Waals surface area contributed by atoms with Crippen LogP contribution in [0.4, 0.5) is 4.39 Å². The van der Waals surface area contributed by atoms with Crippen molar-refractivity contribution >= 4 is 11.7 Å². The fraction of sp³-hybridized carbons (Fsp3) is 0.227. The molecule has 6 nitrogen and oxygen atoms in total. The van der Waals surface area contributed by atoms with Gasteiger partial charge in [0, 0.05) is 24.5 Å². The average molecular weight is 395 g/mol. The van der Waals surface area contributed by atoms with E-state index in [1.54, 1.807) is 67.2 Å². The molecule has 1 heterocycles. The topological polar surface area (TPSA) is 73.2 Å². The molecule has 1 amide bonds. The number of hydrogen-bond donors (Lipinski definition) is 1. The van der Waals surface area contributed by atoms with Crippen molar-refractivity contribution in [2.75, 3.05) is 0 Å². The predicted octanol–water partition coefficient (Wildman–Crippen LogP) is 3.61. The van der Waals surface area contributed by atoms with Crippen molar-refractivity contribution in [3.05, 3.63) is 77.6 Å². The number of aryl methyl sites for hydroxylation is 1. The van der Waals surface area contributed by atoms with Crippen LogP contribution in [0.3, 0.4) is 0 Å². The number of benzene rings is 2. The molecule has 2 aromatic carbocycles. The van der Waals surface area contributed by atoms with Gasteiger partial charge in [-0.3, -0.25) is 9.59 Å². The van der Waals surface area contributed by atoms with Crippen LogP contribution < -0.4 is 10.1 Å². The molecule has 0 spiro atoms. The van der Waals surface area contributed by atoms with Gasteiger partial charge in [-0.25, -0.2) is 9.37 Å². The van der Waals surface area contributed by atoms with Crippen molar-refractivity contribution in [3.63, 3.8) is 0 Å². The number of ketones is 1. The molecule has 0 aliphatic carbocycles. The molecule has 0 saturated heterocycles. The normalized spacial score (nSPS) is 11.7. The fourth-order valence-corrected chi connectivity index (χ4v) is 2.87. The zero-order valence-corrected chi connectivity index (χ0v) is 16.5. The summed E-state index contributed by atoms with van der Waals surface area (Å²) in [4.78, 5) is 27.9. The number of ether oxygens (including phenoxy) is 1. The van der Waals surface area contributed by atoms with Crippen LogP contribution in [0.2, 0.25) is 0 Å². The van der Waals surface area contributed by atoms with Gasteiger partial charge in [-0.15, -0.1) is 0 Å². The molecule has 1 aromatic heterocycles. The van der Waals surface area contributed by atoms with Crippen LogP contribution in [0.1, 0.15) is 35.6 Å². The second-order valence-corrected chi connectivity index (χ2v) is 6.69. The number of carbonyl (C=O) groups is 2. The van der Waals surface area contributed by atoms with Crippen LogP contribution in [0.5, 0.6) is 5.75 Å². The Kier molecular flexibility index (Phi) is 6.07. The number of amides is 1. The number of aromatic nitrogens is 2. The molecule has 0 bridgehead atoms. The molecular weight excluding hydrogens is 373 g/mol. The number of halogens is 1. The number of carbonyl (C=O) groups excluding carboxylic acids is 2. The third kappa shape index (κ3) is 4.87. The summed E-state index contributed by atoms with van der Waals surface area (Å²) in [7, 11) is 0. The summed E-state index contributed by atoms with van der Waals surface area (Å²) >= 11 is 0. The van der Waals surface area contributed by atoms with Gasteiger partial charge in [-0.2, -0.15) is 0 Å². The lowest BCUT2D eigenvalue weighted by atomic mass is 10.1. The highest BCUT2D eigenvalue weighted by Crippen LogP contribution is 2.18. The molecule has 1 N–H and O–H groups in total. The number of nitrogens with one attached hydrogen (secondary N) is 1. The minimum absolute atomic E-state index is 0.0797. The van der Waals surface area contributed by atoms with Crippen LogP contribution in [-0.2, 0) is 11.3 Å². The van der Waals surface area contributed by atoms with Gasteiger partial charge in [0.2, 0.25) is 0 Å². The van der Waals surface area contributed by atoms with Gasteiger partial charge in [-0.05, 0) is 50.6 Å². The molecule has 7 heteroatoms. The highest BCUT2D eigenvalue weighted by atomic mass is 19.1. The molecule has 0 fully saturated rings. The van der Waals surface area contributed by atoms with E-state index in [0.29, 0.717) is 28.4 Å². The van der Waals surface area contributed by atoms with E-state index in [4.69, 9.17) is 4.74 Å². The van der Waals surface area contributed by atoms with E-state index in [2.05, 4.69) is 10.3 Å². The second-order valence-electron chi connectivity index (χ2n) is 6.69. The van der Waals surface area contributed by atoms with Crippen LogP contribution in [-0.4, -0.2) is 27.3 Å². The van der Waals surface area contributed by atoms with Gasteiger partial charge < -0.3 is 14.6 Å². The third-order valence-corrected chi connectivity index (χ3v) is 4.49. The lowest BCUT2D eigenvalue weighted by Crippen LogP contribution is -2.35. The Morgan fingerprint density at radius 3 is 2.69 bits per heavy atom. The van der Waals surface area contributed by atoms with Crippen LogP contribution in [0.25, 0.3) is 5.69 Å². The molecule has 150 valence electrons. The maximum absolute atomic E-state index is 14.5. The van der Waals surface area contributed by atoms with Crippen LogP contribution in [0.15, 0.2) is 54.9 Å².